The van der Waals surface area contributed by atoms with Crippen molar-refractivity contribution in [1.29, 1.82) is 0 Å². The Morgan fingerprint density at radius 1 is 1.14 bits per heavy atom. The van der Waals surface area contributed by atoms with Crippen molar-refractivity contribution in [1.82, 2.24) is 5.16 Å². The van der Waals surface area contributed by atoms with E-state index in [0.29, 0.717) is 16.9 Å². The number of hydrogen-bond donors (Lipinski definition) is 1. The highest BCUT2D eigenvalue weighted by Gasteiger charge is 2.14. The van der Waals surface area contributed by atoms with Crippen LogP contribution in [0.3, 0.4) is 0 Å². The van der Waals surface area contributed by atoms with E-state index in [1.54, 1.807) is 18.2 Å². The number of halogens is 1. The van der Waals surface area contributed by atoms with Crippen LogP contribution >= 0.6 is 0 Å². The number of benzene rings is 2. The molecule has 1 amide bonds. The minimum atomic E-state index is -0.402. The third-order valence-electron chi connectivity index (χ3n) is 3.13. The molecule has 3 rings (SSSR count). The van der Waals surface area contributed by atoms with Crippen LogP contribution < -0.4 is 5.32 Å². The first-order valence-corrected chi connectivity index (χ1v) is 6.72. The van der Waals surface area contributed by atoms with Crippen LogP contribution in [0.5, 0.6) is 0 Å². The van der Waals surface area contributed by atoms with Crippen LogP contribution in [0.25, 0.3) is 11.3 Å². The van der Waals surface area contributed by atoms with Gasteiger partial charge in [0.2, 0.25) is 5.76 Å². The molecule has 0 saturated heterocycles. The fourth-order valence-corrected chi connectivity index (χ4v) is 2.08. The highest BCUT2D eigenvalue weighted by atomic mass is 19.1. The lowest BCUT2D eigenvalue weighted by Crippen LogP contribution is -2.10. The fourth-order valence-electron chi connectivity index (χ4n) is 2.08. The van der Waals surface area contributed by atoms with Crippen molar-refractivity contribution in [2.75, 3.05) is 5.32 Å². The molecular formula is C17H13FN2O2. The van der Waals surface area contributed by atoms with E-state index in [9.17, 15) is 9.18 Å². The molecule has 0 aliphatic rings. The Kier molecular flexibility index (Phi) is 3.70. The maximum absolute atomic E-state index is 13.2. The number of aryl methyl sites for hydroxylation is 1. The van der Waals surface area contributed by atoms with Crippen LogP contribution in [0.1, 0.15) is 16.1 Å². The summed E-state index contributed by atoms with van der Waals surface area (Å²) in [5.74, 6) is -0.701. The average Bonchev–Trinajstić information content (AvgIpc) is 2.97. The summed E-state index contributed by atoms with van der Waals surface area (Å²) in [5, 5.41) is 6.53. The maximum atomic E-state index is 13.2. The number of nitrogens with one attached hydrogen (secondary N) is 1. The van der Waals surface area contributed by atoms with Crippen LogP contribution in [0.4, 0.5) is 10.1 Å². The molecule has 110 valence electrons. The molecule has 5 heteroatoms. The maximum Gasteiger partial charge on any atom is 0.294 e. The van der Waals surface area contributed by atoms with E-state index in [-0.39, 0.29) is 11.6 Å². The first-order valence-electron chi connectivity index (χ1n) is 6.72. The number of rotatable bonds is 3. The Balaban J connectivity index is 1.80. The first-order chi connectivity index (χ1) is 10.6. The third-order valence-corrected chi connectivity index (χ3v) is 3.13. The van der Waals surface area contributed by atoms with Gasteiger partial charge in [-0.05, 0) is 36.8 Å². The summed E-state index contributed by atoms with van der Waals surface area (Å²) < 4.78 is 18.2. The van der Waals surface area contributed by atoms with E-state index in [1.165, 1.54) is 18.2 Å². The zero-order chi connectivity index (χ0) is 15.5. The van der Waals surface area contributed by atoms with Crippen LogP contribution in [0, 0.1) is 12.7 Å². The van der Waals surface area contributed by atoms with E-state index < -0.39 is 5.91 Å². The van der Waals surface area contributed by atoms with E-state index in [4.69, 9.17) is 4.52 Å². The van der Waals surface area contributed by atoms with Gasteiger partial charge in [0.1, 0.15) is 11.5 Å². The Hall–Kier alpha value is -2.95. The SMILES string of the molecule is Cc1cccc(NC(=O)c2cc(-c3cccc(F)c3)no2)c1. The van der Waals surface area contributed by atoms with Crippen molar-refractivity contribution in [2.45, 2.75) is 6.92 Å². The summed E-state index contributed by atoms with van der Waals surface area (Å²) in [6.45, 7) is 1.94. The molecule has 1 aromatic heterocycles. The highest BCUT2D eigenvalue weighted by molar-refractivity contribution is 6.02. The van der Waals surface area contributed by atoms with Crippen molar-refractivity contribution >= 4 is 11.6 Å². The van der Waals surface area contributed by atoms with Gasteiger partial charge in [-0.1, -0.05) is 29.4 Å². The normalized spacial score (nSPS) is 10.5. The van der Waals surface area contributed by atoms with Crippen molar-refractivity contribution in [3.63, 3.8) is 0 Å². The van der Waals surface area contributed by atoms with Gasteiger partial charge in [0.25, 0.3) is 5.91 Å². The molecule has 22 heavy (non-hydrogen) atoms. The number of carbonyl (C=O) groups excluding carboxylic acids is 1. The largest absolute Gasteiger partial charge is 0.350 e. The van der Waals surface area contributed by atoms with Crippen LogP contribution in [0.15, 0.2) is 59.1 Å². The molecule has 0 aliphatic heterocycles. The topological polar surface area (TPSA) is 55.1 Å². The number of nitrogens with zero attached hydrogens (tertiary/aromatic N) is 1. The molecular weight excluding hydrogens is 283 g/mol. The van der Waals surface area contributed by atoms with E-state index in [2.05, 4.69) is 10.5 Å². The van der Waals surface area contributed by atoms with Crippen molar-refractivity contribution in [3.05, 3.63) is 71.7 Å². The second-order valence-corrected chi connectivity index (χ2v) is 4.91. The Morgan fingerprint density at radius 3 is 2.73 bits per heavy atom. The number of hydrogen-bond acceptors (Lipinski definition) is 3. The van der Waals surface area contributed by atoms with E-state index >= 15 is 0 Å². The summed E-state index contributed by atoms with van der Waals surface area (Å²) in [5.41, 5.74) is 2.68. The van der Waals surface area contributed by atoms with Crippen molar-refractivity contribution in [2.24, 2.45) is 0 Å². The standard InChI is InChI=1S/C17H13FN2O2/c1-11-4-2-7-14(8-11)19-17(21)16-10-15(20-22-16)12-5-3-6-13(18)9-12/h2-10H,1H3,(H,19,21). The first kappa shape index (κ1) is 14.0. The molecule has 0 radical (unpaired) electrons. The second-order valence-electron chi connectivity index (χ2n) is 4.91. The van der Waals surface area contributed by atoms with Crippen LogP contribution in [0.2, 0.25) is 0 Å². The number of anilines is 1. The summed E-state index contributed by atoms with van der Waals surface area (Å²) >= 11 is 0. The Morgan fingerprint density at radius 2 is 1.95 bits per heavy atom. The fraction of sp³-hybridized carbons (Fsp3) is 0.0588. The predicted molar refractivity (Wildman–Crippen MR) is 81.0 cm³/mol. The monoisotopic (exact) mass is 296 g/mol. The second kappa shape index (κ2) is 5.81. The molecule has 1 N–H and O–H groups in total. The lowest BCUT2D eigenvalue weighted by atomic mass is 10.1. The zero-order valence-electron chi connectivity index (χ0n) is 11.8. The quantitative estimate of drug-likeness (QED) is 0.793. The predicted octanol–water partition coefficient (Wildman–Crippen LogP) is 4.04. The average molecular weight is 296 g/mol. The molecule has 0 saturated carbocycles. The molecule has 0 unspecified atom stereocenters. The van der Waals surface area contributed by atoms with Crippen molar-refractivity contribution < 1.29 is 13.7 Å². The molecule has 0 spiro atoms. The lowest BCUT2D eigenvalue weighted by Gasteiger charge is -2.02. The summed E-state index contributed by atoms with van der Waals surface area (Å²) in [7, 11) is 0. The van der Waals surface area contributed by atoms with Gasteiger partial charge in [0, 0.05) is 17.3 Å². The molecule has 0 bridgehead atoms. The minimum absolute atomic E-state index is 0.0702. The summed E-state index contributed by atoms with van der Waals surface area (Å²) in [4.78, 5) is 12.1. The highest BCUT2D eigenvalue weighted by Crippen LogP contribution is 2.20. The molecule has 2 aromatic carbocycles. The Labute approximate surface area is 126 Å². The van der Waals surface area contributed by atoms with E-state index in [0.717, 1.165) is 5.56 Å². The molecule has 1 heterocycles. The number of aromatic nitrogens is 1. The van der Waals surface area contributed by atoms with Crippen LogP contribution in [-0.2, 0) is 0 Å². The van der Waals surface area contributed by atoms with Crippen molar-refractivity contribution in [3.8, 4) is 11.3 Å². The summed E-state index contributed by atoms with van der Waals surface area (Å²) in [6, 6.07) is 14.9. The third kappa shape index (κ3) is 3.03. The van der Waals surface area contributed by atoms with Gasteiger partial charge in [0.05, 0.1) is 0 Å². The smallest absolute Gasteiger partial charge is 0.294 e. The van der Waals surface area contributed by atoms with Gasteiger partial charge in [-0.2, -0.15) is 0 Å². The molecule has 0 fully saturated rings. The molecule has 4 nitrogen and oxygen atoms in total. The van der Waals surface area contributed by atoms with Gasteiger partial charge in [-0.3, -0.25) is 4.79 Å². The number of amides is 1. The zero-order valence-corrected chi connectivity index (χ0v) is 11.8. The molecule has 3 aromatic rings. The van der Waals surface area contributed by atoms with E-state index in [1.807, 2.05) is 25.1 Å². The van der Waals surface area contributed by atoms with Gasteiger partial charge >= 0.3 is 0 Å². The van der Waals surface area contributed by atoms with Gasteiger partial charge < -0.3 is 9.84 Å². The summed E-state index contributed by atoms with van der Waals surface area (Å²) in [6.07, 6.45) is 0. The molecule has 0 atom stereocenters. The van der Waals surface area contributed by atoms with Gasteiger partial charge in [-0.15, -0.1) is 0 Å². The Bertz CT molecular complexity index is 827. The lowest BCUT2D eigenvalue weighted by molar-refractivity contribution is 0.0988. The number of carbonyl (C=O) groups is 1. The van der Waals surface area contributed by atoms with Gasteiger partial charge in [-0.25, -0.2) is 4.39 Å². The van der Waals surface area contributed by atoms with Gasteiger partial charge in [0.15, 0.2) is 0 Å². The minimum Gasteiger partial charge on any atom is -0.350 e. The molecule has 0 aliphatic carbocycles. The van der Waals surface area contributed by atoms with Crippen LogP contribution in [-0.4, -0.2) is 11.1 Å².